The highest BCUT2D eigenvalue weighted by molar-refractivity contribution is 5.01. The molecule has 0 aromatic carbocycles. The second-order valence-corrected chi connectivity index (χ2v) is 7.39. The lowest BCUT2D eigenvalue weighted by atomic mass is 9.90. The molecule has 1 atom stereocenters. The van der Waals surface area contributed by atoms with Crippen LogP contribution in [0.1, 0.15) is 71.1 Å². The molecule has 0 aromatic heterocycles. The smallest absolute Gasteiger partial charge is 0.0309 e. The van der Waals surface area contributed by atoms with Crippen LogP contribution in [0.25, 0.3) is 0 Å². The van der Waals surface area contributed by atoms with Gasteiger partial charge in [-0.3, -0.25) is 4.90 Å². The molecule has 19 heavy (non-hydrogen) atoms. The van der Waals surface area contributed by atoms with Gasteiger partial charge < -0.3 is 5.32 Å². The van der Waals surface area contributed by atoms with Crippen LogP contribution in [0.5, 0.6) is 0 Å². The van der Waals surface area contributed by atoms with E-state index in [9.17, 15) is 0 Å². The summed E-state index contributed by atoms with van der Waals surface area (Å²) in [6.45, 7) is 6.33. The highest BCUT2D eigenvalue weighted by Crippen LogP contribution is 2.35. The molecule has 0 bridgehead atoms. The first-order chi connectivity index (χ1) is 9.31. The summed E-state index contributed by atoms with van der Waals surface area (Å²) in [5.74, 6) is 1.01. The lowest BCUT2D eigenvalue weighted by molar-refractivity contribution is 0.0621. The number of hydrogen-bond acceptors (Lipinski definition) is 2. The molecule has 1 spiro atoms. The van der Waals surface area contributed by atoms with Gasteiger partial charge in [-0.05, 0) is 38.0 Å². The first-order valence-electron chi connectivity index (χ1n) is 8.80. The third-order valence-corrected chi connectivity index (χ3v) is 5.88. The van der Waals surface area contributed by atoms with Gasteiger partial charge in [0.15, 0.2) is 0 Å². The molecule has 1 aliphatic heterocycles. The van der Waals surface area contributed by atoms with E-state index in [2.05, 4.69) is 17.1 Å². The van der Waals surface area contributed by atoms with Gasteiger partial charge in [-0.1, -0.05) is 39.0 Å². The summed E-state index contributed by atoms with van der Waals surface area (Å²) in [4.78, 5) is 2.89. The zero-order valence-corrected chi connectivity index (χ0v) is 12.8. The van der Waals surface area contributed by atoms with Crippen molar-refractivity contribution in [3.8, 4) is 0 Å². The molecule has 0 amide bonds. The summed E-state index contributed by atoms with van der Waals surface area (Å²) in [6, 6.07) is 0.817. The second-order valence-electron chi connectivity index (χ2n) is 7.39. The number of nitrogens with one attached hydrogen (secondary N) is 1. The molecular formula is C17H32N2. The lowest BCUT2D eigenvalue weighted by Crippen LogP contribution is -2.63. The molecule has 2 heteroatoms. The van der Waals surface area contributed by atoms with E-state index in [4.69, 9.17) is 0 Å². The zero-order valence-electron chi connectivity index (χ0n) is 12.8. The third kappa shape index (κ3) is 3.16. The number of piperazine rings is 1. The van der Waals surface area contributed by atoms with Crippen molar-refractivity contribution >= 4 is 0 Å². The second kappa shape index (κ2) is 6.13. The van der Waals surface area contributed by atoms with Gasteiger partial charge >= 0.3 is 0 Å². The minimum Gasteiger partial charge on any atom is -0.308 e. The molecule has 0 aromatic rings. The molecule has 3 aliphatic rings. The SMILES string of the molecule is CCCC1CNC2(CCCC2)CN1CC1CCCC1. The Bertz CT molecular complexity index is 277. The van der Waals surface area contributed by atoms with E-state index in [1.807, 2.05) is 0 Å². The van der Waals surface area contributed by atoms with Crippen molar-refractivity contribution in [1.29, 1.82) is 0 Å². The van der Waals surface area contributed by atoms with Gasteiger partial charge in [0, 0.05) is 31.2 Å². The Morgan fingerprint density at radius 3 is 2.53 bits per heavy atom. The maximum absolute atomic E-state index is 3.94. The van der Waals surface area contributed by atoms with Crippen molar-refractivity contribution < 1.29 is 0 Å². The average Bonchev–Trinajstić information content (AvgIpc) is 3.06. The topological polar surface area (TPSA) is 15.3 Å². The Kier molecular flexibility index (Phi) is 4.48. The normalized spacial score (nSPS) is 32.4. The molecule has 0 radical (unpaired) electrons. The Balaban J connectivity index is 1.63. The van der Waals surface area contributed by atoms with E-state index >= 15 is 0 Å². The fourth-order valence-corrected chi connectivity index (χ4v) is 4.78. The van der Waals surface area contributed by atoms with Gasteiger partial charge in [0.1, 0.15) is 0 Å². The number of rotatable bonds is 4. The molecule has 2 saturated carbocycles. The van der Waals surface area contributed by atoms with Crippen molar-refractivity contribution in [3.05, 3.63) is 0 Å². The fraction of sp³-hybridized carbons (Fsp3) is 1.00. The van der Waals surface area contributed by atoms with Crippen LogP contribution < -0.4 is 5.32 Å². The summed E-state index contributed by atoms with van der Waals surface area (Å²) >= 11 is 0. The first kappa shape index (κ1) is 13.9. The van der Waals surface area contributed by atoms with Crippen LogP contribution in [-0.2, 0) is 0 Å². The summed E-state index contributed by atoms with van der Waals surface area (Å²) in [7, 11) is 0. The van der Waals surface area contributed by atoms with Crippen LogP contribution in [0, 0.1) is 5.92 Å². The zero-order chi connectivity index (χ0) is 13.1. The van der Waals surface area contributed by atoms with Crippen LogP contribution in [0.3, 0.4) is 0 Å². The standard InChI is InChI=1S/C17H32N2/c1-2-7-16-12-18-17(10-5-6-11-17)14-19(16)13-15-8-3-4-9-15/h15-16,18H,2-14H2,1H3. The number of hydrogen-bond donors (Lipinski definition) is 1. The molecular weight excluding hydrogens is 232 g/mol. The molecule has 1 saturated heterocycles. The maximum Gasteiger partial charge on any atom is 0.0309 e. The molecule has 3 fully saturated rings. The molecule has 1 unspecified atom stereocenters. The van der Waals surface area contributed by atoms with Gasteiger partial charge in [-0.25, -0.2) is 0 Å². The van der Waals surface area contributed by atoms with Crippen molar-refractivity contribution in [2.75, 3.05) is 19.6 Å². The van der Waals surface area contributed by atoms with Gasteiger partial charge in [0.2, 0.25) is 0 Å². The van der Waals surface area contributed by atoms with E-state index < -0.39 is 0 Å². The Morgan fingerprint density at radius 2 is 1.84 bits per heavy atom. The van der Waals surface area contributed by atoms with Crippen molar-refractivity contribution in [1.82, 2.24) is 10.2 Å². The summed E-state index contributed by atoms with van der Waals surface area (Å²) in [6.07, 6.45) is 14.4. The molecule has 1 heterocycles. The predicted octanol–water partition coefficient (Wildman–Crippen LogP) is 3.56. The van der Waals surface area contributed by atoms with E-state index in [-0.39, 0.29) is 0 Å². The quantitative estimate of drug-likeness (QED) is 0.835. The van der Waals surface area contributed by atoms with E-state index in [1.165, 1.54) is 83.8 Å². The van der Waals surface area contributed by atoms with Gasteiger partial charge in [-0.15, -0.1) is 0 Å². The van der Waals surface area contributed by atoms with Crippen LogP contribution in [0.15, 0.2) is 0 Å². The van der Waals surface area contributed by atoms with Crippen molar-refractivity contribution in [3.63, 3.8) is 0 Å². The van der Waals surface area contributed by atoms with Crippen molar-refractivity contribution in [2.45, 2.75) is 82.7 Å². The minimum absolute atomic E-state index is 0.503. The van der Waals surface area contributed by atoms with Gasteiger partial charge in [-0.2, -0.15) is 0 Å². The summed E-state index contributed by atoms with van der Waals surface area (Å²) in [5.41, 5.74) is 0.503. The first-order valence-corrected chi connectivity index (χ1v) is 8.80. The Hall–Kier alpha value is -0.0800. The van der Waals surface area contributed by atoms with Crippen LogP contribution in [0.2, 0.25) is 0 Å². The number of nitrogens with zero attached hydrogens (tertiary/aromatic N) is 1. The predicted molar refractivity (Wildman–Crippen MR) is 81.4 cm³/mol. The van der Waals surface area contributed by atoms with Crippen LogP contribution in [-0.4, -0.2) is 36.1 Å². The average molecular weight is 264 g/mol. The van der Waals surface area contributed by atoms with Crippen LogP contribution >= 0.6 is 0 Å². The fourth-order valence-electron chi connectivity index (χ4n) is 4.78. The lowest BCUT2D eigenvalue weighted by Gasteiger charge is -2.47. The summed E-state index contributed by atoms with van der Waals surface area (Å²) < 4.78 is 0. The molecule has 1 N–H and O–H groups in total. The summed E-state index contributed by atoms with van der Waals surface area (Å²) in [5, 5.41) is 3.94. The van der Waals surface area contributed by atoms with Crippen molar-refractivity contribution in [2.24, 2.45) is 5.92 Å². The van der Waals surface area contributed by atoms with Gasteiger partial charge in [0.25, 0.3) is 0 Å². The van der Waals surface area contributed by atoms with Gasteiger partial charge in [0.05, 0.1) is 0 Å². The van der Waals surface area contributed by atoms with Crippen LogP contribution in [0.4, 0.5) is 0 Å². The molecule has 2 aliphatic carbocycles. The largest absolute Gasteiger partial charge is 0.308 e. The molecule has 2 nitrogen and oxygen atoms in total. The van der Waals surface area contributed by atoms with E-state index in [1.54, 1.807) is 0 Å². The maximum atomic E-state index is 3.94. The Morgan fingerprint density at radius 1 is 1.11 bits per heavy atom. The molecule has 3 rings (SSSR count). The third-order valence-electron chi connectivity index (χ3n) is 5.88. The highest BCUT2D eigenvalue weighted by atomic mass is 15.3. The van der Waals surface area contributed by atoms with E-state index in [0.29, 0.717) is 5.54 Å². The molecule has 110 valence electrons. The Labute approximate surface area is 119 Å². The highest BCUT2D eigenvalue weighted by Gasteiger charge is 2.41. The monoisotopic (exact) mass is 264 g/mol. The minimum atomic E-state index is 0.503. The van der Waals surface area contributed by atoms with E-state index in [0.717, 1.165) is 12.0 Å².